The molecule has 0 bridgehead atoms. The first-order valence-corrected chi connectivity index (χ1v) is 7.38. The highest BCUT2D eigenvalue weighted by Crippen LogP contribution is 2.22. The maximum absolute atomic E-state index is 5.95. The maximum atomic E-state index is 5.95. The Morgan fingerprint density at radius 3 is 2.83 bits per heavy atom. The second-order valence-electron chi connectivity index (χ2n) is 4.85. The van der Waals surface area contributed by atoms with Gasteiger partial charge in [0.15, 0.2) is 0 Å². The number of nitrogen functional groups attached to an aromatic ring is 1. The second-order valence-corrected chi connectivity index (χ2v) is 5.77. The molecule has 1 saturated heterocycles. The van der Waals surface area contributed by atoms with Crippen LogP contribution in [0.4, 0.5) is 11.5 Å². The largest absolute Gasteiger partial charge is 0.396 e. The van der Waals surface area contributed by atoms with Crippen molar-refractivity contribution in [2.24, 2.45) is 0 Å². The van der Waals surface area contributed by atoms with Crippen LogP contribution in [0, 0.1) is 0 Å². The van der Waals surface area contributed by atoms with Gasteiger partial charge in [0.1, 0.15) is 5.82 Å². The zero-order valence-electron chi connectivity index (χ0n) is 10.8. The molecule has 0 aromatic carbocycles. The van der Waals surface area contributed by atoms with Crippen molar-refractivity contribution in [1.82, 2.24) is 9.88 Å². The second kappa shape index (κ2) is 6.38. The Labute approximate surface area is 117 Å². The summed E-state index contributed by atoms with van der Waals surface area (Å²) < 4.78 is 0.920. The Morgan fingerprint density at radius 1 is 1.50 bits per heavy atom. The number of nitrogens with one attached hydrogen (secondary N) is 1. The van der Waals surface area contributed by atoms with Crippen molar-refractivity contribution in [2.45, 2.75) is 32.2 Å². The fourth-order valence-corrected chi connectivity index (χ4v) is 2.74. The number of nitrogens with zero attached hydrogens (tertiary/aromatic N) is 2. The Morgan fingerprint density at radius 2 is 2.22 bits per heavy atom. The van der Waals surface area contributed by atoms with E-state index in [1.54, 1.807) is 6.20 Å². The predicted octanol–water partition coefficient (Wildman–Crippen LogP) is 2.71. The van der Waals surface area contributed by atoms with Gasteiger partial charge in [-0.1, -0.05) is 6.92 Å². The van der Waals surface area contributed by atoms with E-state index in [1.807, 2.05) is 6.07 Å². The van der Waals surface area contributed by atoms with Gasteiger partial charge in [-0.25, -0.2) is 4.98 Å². The summed E-state index contributed by atoms with van der Waals surface area (Å²) in [5, 5.41) is 3.46. The van der Waals surface area contributed by atoms with Crippen LogP contribution in [-0.4, -0.2) is 35.6 Å². The molecule has 100 valence electrons. The first-order chi connectivity index (χ1) is 8.69. The highest BCUT2D eigenvalue weighted by Gasteiger charge is 2.19. The van der Waals surface area contributed by atoms with Gasteiger partial charge < -0.3 is 16.0 Å². The summed E-state index contributed by atoms with van der Waals surface area (Å²) in [5.41, 5.74) is 6.66. The zero-order valence-corrected chi connectivity index (χ0v) is 12.4. The van der Waals surface area contributed by atoms with Crippen molar-refractivity contribution in [3.05, 3.63) is 16.7 Å². The predicted molar refractivity (Wildman–Crippen MR) is 79.7 cm³/mol. The average molecular weight is 313 g/mol. The number of rotatable bonds is 4. The van der Waals surface area contributed by atoms with Crippen molar-refractivity contribution in [2.75, 3.05) is 30.7 Å². The Kier molecular flexibility index (Phi) is 4.83. The van der Waals surface area contributed by atoms with Crippen molar-refractivity contribution >= 4 is 27.4 Å². The molecule has 0 atom stereocenters. The summed E-state index contributed by atoms with van der Waals surface area (Å²) in [6.45, 7) is 5.78. The fourth-order valence-electron chi connectivity index (χ4n) is 2.39. The lowest BCUT2D eigenvalue weighted by atomic mass is 10.0. The number of anilines is 2. The van der Waals surface area contributed by atoms with Gasteiger partial charge in [-0.15, -0.1) is 0 Å². The quantitative estimate of drug-likeness (QED) is 0.897. The maximum Gasteiger partial charge on any atom is 0.149 e. The number of aromatic nitrogens is 1. The summed E-state index contributed by atoms with van der Waals surface area (Å²) in [4.78, 5) is 6.86. The summed E-state index contributed by atoms with van der Waals surface area (Å²) >= 11 is 3.37. The van der Waals surface area contributed by atoms with Crippen molar-refractivity contribution in [3.63, 3.8) is 0 Å². The van der Waals surface area contributed by atoms with Gasteiger partial charge in [-0.3, -0.25) is 0 Å². The molecule has 0 radical (unpaired) electrons. The topological polar surface area (TPSA) is 54.2 Å². The van der Waals surface area contributed by atoms with E-state index in [2.05, 4.69) is 38.1 Å². The molecule has 0 saturated carbocycles. The molecule has 18 heavy (non-hydrogen) atoms. The van der Waals surface area contributed by atoms with E-state index in [4.69, 9.17) is 5.73 Å². The Hall–Kier alpha value is -0.810. The molecule has 1 aliphatic heterocycles. The lowest BCUT2D eigenvalue weighted by Crippen LogP contribution is -2.39. The summed E-state index contributed by atoms with van der Waals surface area (Å²) in [7, 11) is 0. The van der Waals surface area contributed by atoms with Crippen LogP contribution in [-0.2, 0) is 0 Å². The van der Waals surface area contributed by atoms with Crippen LogP contribution in [0.5, 0.6) is 0 Å². The number of halogens is 1. The van der Waals surface area contributed by atoms with E-state index in [-0.39, 0.29) is 0 Å². The normalized spacial score (nSPS) is 17.9. The van der Waals surface area contributed by atoms with Crippen LogP contribution < -0.4 is 11.1 Å². The number of hydrogen-bond acceptors (Lipinski definition) is 4. The molecular formula is C13H21BrN4. The SMILES string of the molecule is CCCN1CCC(Nc2ncc(Br)cc2N)CC1. The zero-order chi connectivity index (χ0) is 13.0. The third kappa shape index (κ3) is 3.59. The van der Waals surface area contributed by atoms with E-state index < -0.39 is 0 Å². The van der Waals surface area contributed by atoms with Gasteiger partial charge >= 0.3 is 0 Å². The molecule has 0 unspecified atom stereocenters. The summed E-state index contributed by atoms with van der Waals surface area (Å²) in [6.07, 6.45) is 5.35. The van der Waals surface area contributed by atoms with Crippen LogP contribution in [0.1, 0.15) is 26.2 Å². The Balaban J connectivity index is 1.87. The fraction of sp³-hybridized carbons (Fsp3) is 0.615. The van der Waals surface area contributed by atoms with Gasteiger partial charge in [0, 0.05) is 29.8 Å². The van der Waals surface area contributed by atoms with Crippen LogP contribution in [0.15, 0.2) is 16.7 Å². The molecule has 0 spiro atoms. The van der Waals surface area contributed by atoms with E-state index in [9.17, 15) is 0 Å². The van der Waals surface area contributed by atoms with Crippen LogP contribution >= 0.6 is 15.9 Å². The highest BCUT2D eigenvalue weighted by molar-refractivity contribution is 9.10. The van der Waals surface area contributed by atoms with Crippen LogP contribution in [0.2, 0.25) is 0 Å². The van der Waals surface area contributed by atoms with E-state index in [0.717, 1.165) is 23.1 Å². The molecule has 1 aliphatic rings. The monoisotopic (exact) mass is 312 g/mol. The number of pyridine rings is 1. The van der Waals surface area contributed by atoms with E-state index >= 15 is 0 Å². The minimum atomic E-state index is 0.495. The first-order valence-electron chi connectivity index (χ1n) is 6.59. The van der Waals surface area contributed by atoms with E-state index in [0.29, 0.717) is 11.7 Å². The summed E-state index contributed by atoms with van der Waals surface area (Å²) in [6, 6.07) is 2.38. The van der Waals surface area contributed by atoms with Crippen molar-refractivity contribution in [3.8, 4) is 0 Å². The van der Waals surface area contributed by atoms with Crippen molar-refractivity contribution in [1.29, 1.82) is 0 Å². The van der Waals surface area contributed by atoms with Gasteiger partial charge in [0.2, 0.25) is 0 Å². The minimum absolute atomic E-state index is 0.495. The molecule has 0 amide bonds. The lowest BCUT2D eigenvalue weighted by Gasteiger charge is -2.32. The molecular weight excluding hydrogens is 292 g/mol. The first kappa shape index (κ1) is 13.6. The number of likely N-dealkylation sites (tertiary alicyclic amines) is 1. The molecule has 4 nitrogen and oxygen atoms in total. The van der Waals surface area contributed by atoms with Gasteiger partial charge in [-0.2, -0.15) is 0 Å². The van der Waals surface area contributed by atoms with Crippen LogP contribution in [0.3, 0.4) is 0 Å². The molecule has 1 aromatic rings. The van der Waals surface area contributed by atoms with E-state index in [1.165, 1.54) is 26.1 Å². The summed E-state index contributed by atoms with van der Waals surface area (Å²) in [5.74, 6) is 0.812. The molecule has 2 rings (SSSR count). The molecule has 1 aromatic heterocycles. The number of piperidine rings is 1. The van der Waals surface area contributed by atoms with Gasteiger partial charge in [0.25, 0.3) is 0 Å². The van der Waals surface area contributed by atoms with Crippen molar-refractivity contribution < 1.29 is 0 Å². The lowest BCUT2D eigenvalue weighted by molar-refractivity contribution is 0.219. The number of nitrogens with two attached hydrogens (primary N) is 1. The third-order valence-corrected chi connectivity index (χ3v) is 3.79. The molecule has 5 heteroatoms. The third-order valence-electron chi connectivity index (χ3n) is 3.35. The smallest absolute Gasteiger partial charge is 0.149 e. The number of hydrogen-bond donors (Lipinski definition) is 2. The highest BCUT2D eigenvalue weighted by atomic mass is 79.9. The Bertz CT molecular complexity index is 389. The van der Waals surface area contributed by atoms with Gasteiger partial charge in [-0.05, 0) is 47.8 Å². The van der Waals surface area contributed by atoms with Gasteiger partial charge in [0.05, 0.1) is 5.69 Å². The average Bonchev–Trinajstić information content (AvgIpc) is 2.35. The van der Waals surface area contributed by atoms with Crippen LogP contribution in [0.25, 0.3) is 0 Å². The molecule has 3 N–H and O–H groups in total. The molecule has 1 fully saturated rings. The standard InChI is InChI=1S/C13H21BrN4/c1-2-5-18-6-3-11(4-7-18)17-13-12(15)8-10(14)9-16-13/h8-9,11H,2-7,15H2,1H3,(H,16,17). The molecule has 0 aliphatic carbocycles. The minimum Gasteiger partial charge on any atom is -0.396 e. The molecule has 2 heterocycles.